The number of H-pyrrole nitrogens is 1. The highest BCUT2D eigenvalue weighted by atomic mass is 32.2. The van der Waals surface area contributed by atoms with Crippen molar-refractivity contribution in [3.63, 3.8) is 0 Å². The van der Waals surface area contributed by atoms with E-state index >= 15 is 0 Å². The molecule has 0 atom stereocenters. The number of hydrogen-bond acceptors (Lipinski definition) is 6. The fourth-order valence-electron chi connectivity index (χ4n) is 0.677. The zero-order valence-corrected chi connectivity index (χ0v) is 10.4. The third-order valence-corrected chi connectivity index (χ3v) is 2.13. The van der Waals surface area contributed by atoms with E-state index in [1.54, 1.807) is 18.1 Å². The molecule has 0 amide bonds. The van der Waals surface area contributed by atoms with Crippen molar-refractivity contribution in [1.29, 1.82) is 0 Å². The van der Waals surface area contributed by atoms with Gasteiger partial charge < -0.3 is 9.66 Å². The Hall–Kier alpha value is -0.700. The second-order valence-corrected chi connectivity index (χ2v) is 5.24. The zero-order chi connectivity index (χ0) is 12.4. The Bertz CT molecular complexity index is 361. The van der Waals surface area contributed by atoms with Gasteiger partial charge in [0.25, 0.3) is 6.33 Å². The summed E-state index contributed by atoms with van der Waals surface area (Å²) in [6.45, 7) is 0.240. The highest BCUT2D eigenvalue weighted by molar-refractivity contribution is 7.98. The van der Waals surface area contributed by atoms with Crippen LogP contribution in [0.25, 0.3) is 0 Å². The average molecular weight is 266 g/mol. The van der Waals surface area contributed by atoms with E-state index in [1.807, 2.05) is 12.3 Å². The Morgan fingerprint density at radius 2 is 2.25 bits per heavy atom. The van der Waals surface area contributed by atoms with Gasteiger partial charge in [0.1, 0.15) is 0 Å². The molecule has 16 heavy (non-hydrogen) atoms. The lowest BCUT2D eigenvalue weighted by Gasteiger charge is -1.92. The first-order chi connectivity index (χ1) is 7.43. The maximum Gasteiger partial charge on any atom is 0.284 e. The van der Waals surface area contributed by atoms with Crippen LogP contribution in [0.4, 0.5) is 0 Å². The van der Waals surface area contributed by atoms with Crippen LogP contribution in [-0.4, -0.2) is 41.7 Å². The Morgan fingerprint density at radius 1 is 1.62 bits per heavy atom. The first kappa shape index (κ1) is 15.3. The van der Waals surface area contributed by atoms with Gasteiger partial charge in [-0.1, -0.05) is 4.98 Å². The number of aromatic amines is 1. The molecule has 1 aromatic heterocycles. The lowest BCUT2D eigenvalue weighted by atomic mass is 10.5. The summed E-state index contributed by atoms with van der Waals surface area (Å²) in [6.07, 6.45) is 4.11. The molecule has 0 spiro atoms. The summed E-state index contributed by atoms with van der Waals surface area (Å²) < 4.78 is 27.2. The summed E-state index contributed by atoms with van der Waals surface area (Å²) in [7, 11) is -3.92. The molecule has 0 bridgehead atoms. The normalized spacial score (nSPS) is 10.4. The highest BCUT2D eigenvalue weighted by Crippen LogP contribution is 2.06. The van der Waals surface area contributed by atoms with Gasteiger partial charge in [-0.3, -0.25) is 4.98 Å². The average Bonchev–Trinajstić information content (AvgIpc) is 2.17. The Balaban J connectivity index is 0.000000385. The van der Waals surface area contributed by atoms with E-state index in [0.717, 1.165) is 17.2 Å². The number of hydrogen-bond donors (Lipinski definition) is 1. The van der Waals surface area contributed by atoms with Crippen molar-refractivity contribution in [1.82, 2.24) is 4.98 Å². The number of aliphatic hydroxyl groups is 1. The Kier molecular flexibility index (Phi) is 8.08. The van der Waals surface area contributed by atoms with Gasteiger partial charge in [-0.25, -0.2) is 8.42 Å². The summed E-state index contributed by atoms with van der Waals surface area (Å²) in [5.41, 5.74) is 1.04. The number of nitrogens with one attached hydrogen (secondary N) is 1. The summed E-state index contributed by atoms with van der Waals surface area (Å²) in [5, 5.41) is 8.50. The molecule has 0 aliphatic carbocycles. The molecule has 1 heterocycles. The van der Waals surface area contributed by atoms with Crippen molar-refractivity contribution >= 4 is 21.9 Å². The van der Waals surface area contributed by atoms with E-state index in [1.165, 1.54) is 0 Å². The minimum absolute atomic E-state index is 0.240. The van der Waals surface area contributed by atoms with Crippen LogP contribution >= 0.6 is 11.8 Å². The van der Waals surface area contributed by atoms with Gasteiger partial charge >= 0.3 is 0 Å². The molecule has 1 rings (SSSR count). The van der Waals surface area contributed by atoms with Gasteiger partial charge in [0, 0.05) is 18.1 Å². The van der Waals surface area contributed by atoms with Crippen LogP contribution in [0.15, 0.2) is 18.6 Å². The molecule has 0 fully saturated rings. The second kappa shape index (κ2) is 8.45. The fourth-order valence-corrected chi connectivity index (χ4v) is 1.33. The van der Waals surface area contributed by atoms with Crippen molar-refractivity contribution < 1.29 is 23.1 Å². The first-order valence-electron chi connectivity index (χ1n) is 4.34. The molecule has 1 aromatic rings. The molecule has 0 saturated carbocycles. The third-order valence-electron chi connectivity index (χ3n) is 1.16. The molecule has 6 nitrogen and oxygen atoms in total. The topological polar surface area (TPSA) is 104 Å². The highest BCUT2D eigenvalue weighted by Gasteiger charge is 1.97. The summed E-state index contributed by atoms with van der Waals surface area (Å²) in [5.74, 6) is 1.65. The molecular formula is C8H14N2O4S2. The van der Waals surface area contributed by atoms with E-state index in [2.05, 4.69) is 9.97 Å². The minimum atomic E-state index is -3.92. The summed E-state index contributed by atoms with van der Waals surface area (Å²) in [6, 6.07) is 1.93. The molecule has 0 radical (unpaired) electrons. The van der Waals surface area contributed by atoms with E-state index in [0.29, 0.717) is 6.26 Å². The first-order valence-corrected chi connectivity index (χ1v) is 7.31. The van der Waals surface area contributed by atoms with Gasteiger partial charge in [-0.05, 0) is 0 Å². The van der Waals surface area contributed by atoms with Crippen LogP contribution in [0, 0.1) is 0 Å². The standard InChI is InChI=1S/C7H10N2OS.CH4O3S/c10-3-4-11-5-7-1-2-8-6-9-7;1-5(2,3)4/h1-2,6,10H,3-5H2;1H3,(H,2,3,4). The van der Waals surface area contributed by atoms with Crippen molar-refractivity contribution in [2.75, 3.05) is 18.6 Å². The van der Waals surface area contributed by atoms with Crippen molar-refractivity contribution in [3.05, 3.63) is 24.3 Å². The van der Waals surface area contributed by atoms with Crippen LogP contribution in [0.1, 0.15) is 5.69 Å². The van der Waals surface area contributed by atoms with Crippen molar-refractivity contribution in [2.24, 2.45) is 0 Å². The van der Waals surface area contributed by atoms with Gasteiger partial charge in [0.05, 0.1) is 28.7 Å². The van der Waals surface area contributed by atoms with E-state index in [-0.39, 0.29) is 6.61 Å². The largest absolute Gasteiger partial charge is 0.748 e. The van der Waals surface area contributed by atoms with E-state index in [4.69, 9.17) is 18.1 Å². The van der Waals surface area contributed by atoms with Crippen LogP contribution in [-0.2, 0) is 15.9 Å². The van der Waals surface area contributed by atoms with E-state index < -0.39 is 10.1 Å². The van der Waals surface area contributed by atoms with Gasteiger partial charge in [-0.15, -0.1) is 0 Å². The Morgan fingerprint density at radius 3 is 2.69 bits per heavy atom. The minimum Gasteiger partial charge on any atom is -0.748 e. The number of rotatable bonds is 4. The quantitative estimate of drug-likeness (QED) is 0.570. The lowest BCUT2D eigenvalue weighted by Crippen LogP contribution is -2.02. The van der Waals surface area contributed by atoms with Crippen LogP contribution in [0.3, 0.4) is 0 Å². The molecule has 8 heteroatoms. The predicted octanol–water partition coefficient (Wildman–Crippen LogP) is -0.717. The maximum absolute atomic E-state index is 9.08. The summed E-state index contributed by atoms with van der Waals surface area (Å²) >= 11 is 1.68. The van der Waals surface area contributed by atoms with Gasteiger partial charge in [0.15, 0.2) is 5.69 Å². The van der Waals surface area contributed by atoms with Crippen LogP contribution < -0.4 is 4.98 Å². The number of thioether (sulfide) groups is 1. The SMILES string of the molecule is CS(=O)(=O)[O-].OCCSCc1cc[nH+]cn1. The monoisotopic (exact) mass is 266 g/mol. The number of aromatic nitrogens is 2. The van der Waals surface area contributed by atoms with Gasteiger partial charge in [-0.2, -0.15) is 11.8 Å². The maximum atomic E-state index is 9.08. The summed E-state index contributed by atoms with van der Waals surface area (Å²) in [4.78, 5) is 6.95. The molecule has 0 saturated heterocycles. The van der Waals surface area contributed by atoms with Crippen molar-refractivity contribution in [3.8, 4) is 0 Å². The molecule has 0 aliphatic rings. The van der Waals surface area contributed by atoms with E-state index in [9.17, 15) is 0 Å². The smallest absolute Gasteiger partial charge is 0.284 e. The number of nitrogens with zero attached hydrogens (tertiary/aromatic N) is 1. The lowest BCUT2D eigenvalue weighted by molar-refractivity contribution is -0.383. The van der Waals surface area contributed by atoms with Gasteiger partial charge in [0.2, 0.25) is 0 Å². The second-order valence-electron chi connectivity index (χ2n) is 2.73. The molecular weight excluding hydrogens is 252 g/mol. The van der Waals surface area contributed by atoms with Crippen LogP contribution in [0.2, 0.25) is 0 Å². The molecule has 92 valence electrons. The molecule has 2 N–H and O–H groups in total. The molecule has 0 unspecified atom stereocenters. The zero-order valence-electron chi connectivity index (χ0n) is 8.79. The number of aliphatic hydroxyl groups excluding tert-OH is 1. The predicted molar refractivity (Wildman–Crippen MR) is 59.7 cm³/mol. The molecule has 0 aliphatic heterocycles. The fraction of sp³-hybridized carbons (Fsp3) is 0.500. The molecule has 0 aromatic carbocycles. The third kappa shape index (κ3) is 13.3. The van der Waals surface area contributed by atoms with Crippen LogP contribution in [0.5, 0.6) is 0 Å². The van der Waals surface area contributed by atoms with Crippen molar-refractivity contribution in [2.45, 2.75) is 5.75 Å². The Labute approximate surface area is 98.9 Å².